The smallest absolute Gasteiger partial charge is 0.138 e. The molecular weight excluding hydrogens is 250 g/mol. The summed E-state index contributed by atoms with van der Waals surface area (Å²) in [6, 6.07) is 4.00. The molecule has 1 saturated heterocycles. The summed E-state index contributed by atoms with van der Waals surface area (Å²) in [7, 11) is 0. The lowest BCUT2D eigenvalue weighted by Crippen LogP contribution is -2.35. The molecule has 1 aliphatic rings. The maximum absolute atomic E-state index is 9.48. The van der Waals surface area contributed by atoms with Crippen molar-refractivity contribution in [2.45, 2.75) is 25.5 Å². The number of H-pyrrole nitrogens is 1. The molecule has 0 aliphatic carbocycles. The first-order chi connectivity index (χ1) is 8.72. The largest absolute Gasteiger partial charge is 0.393 e. The Balaban J connectivity index is 1.77. The van der Waals surface area contributed by atoms with Gasteiger partial charge in [0.25, 0.3) is 0 Å². The van der Waals surface area contributed by atoms with Crippen LogP contribution in [0.5, 0.6) is 0 Å². The molecule has 2 aromatic rings. The van der Waals surface area contributed by atoms with Gasteiger partial charge in [0, 0.05) is 36.9 Å². The molecule has 0 saturated carbocycles. The molecule has 0 atom stereocenters. The van der Waals surface area contributed by atoms with Gasteiger partial charge in [-0.25, -0.2) is 4.98 Å². The van der Waals surface area contributed by atoms with Gasteiger partial charge in [-0.15, -0.1) is 0 Å². The van der Waals surface area contributed by atoms with Crippen LogP contribution in [0.4, 0.5) is 0 Å². The second kappa shape index (κ2) is 4.88. The molecule has 18 heavy (non-hydrogen) atoms. The van der Waals surface area contributed by atoms with Crippen LogP contribution in [0.25, 0.3) is 10.9 Å². The normalized spacial score (nSPS) is 18.6. The fraction of sp³-hybridized carbons (Fsp3) is 0.462. The van der Waals surface area contributed by atoms with Crippen LogP contribution in [0, 0.1) is 0 Å². The maximum atomic E-state index is 9.48. The molecule has 3 heterocycles. The number of aromatic nitrogens is 2. The van der Waals surface area contributed by atoms with Crippen LogP contribution in [0.3, 0.4) is 0 Å². The Labute approximate surface area is 111 Å². The van der Waals surface area contributed by atoms with E-state index in [9.17, 15) is 5.11 Å². The summed E-state index contributed by atoms with van der Waals surface area (Å²) in [4.78, 5) is 9.79. The number of hydrogen-bond acceptors (Lipinski definition) is 3. The lowest BCUT2D eigenvalue weighted by Gasteiger charge is -2.28. The Bertz CT molecular complexity index is 546. The molecule has 0 aromatic carbocycles. The van der Waals surface area contributed by atoms with Crippen LogP contribution in [-0.2, 0) is 6.54 Å². The maximum Gasteiger partial charge on any atom is 0.138 e. The number of aromatic amines is 1. The van der Waals surface area contributed by atoms with Crippen molar-refractivity contribution >= 4 is 22.5 Å². The van der Waals surface area contributed by atoms with E-state index in [-0.39, 0.29) is 6.10 Å². The van der Waals surface area contributed by atoms with Crippen molar-refractivity contribution in [1.29, 1.82) is 0 Å². The number of aliphatic hydroxyl groups excluding tert-OH is 1. The number of halogens is 1. The van der Waals surface area contributed by atoms with Gasteiger partial charge in [0.2, 0.25) is 0 Å². The van der Waals surface area contributed by atoms with E-state index in [1.54, 1.807) is 6.20 Å². The molecule has 2 N–H and O–H groups in total. The molecule has 96 valence electrons. The lowest BCUT2D eigenvalue weighted by molar-refractivity contribution is 0.0788. The summed E-state index contributed by atoms with van der Waals surface area (Å²) in [6.07, 6.45) is 3.32. The second-order valence-electron chi connectivity index (χ2n) is 4.86. The van der Waals surface area contributed by atoms with Crippen molar-refractivity contribution in [2.75, 3.05) is 13.1 Å². The fourth-order valence-electron chi connectivity index (χ4n) is 2.48. The average Bonchev–Trinajstić information content (AvgIpc) is 2.76. The van der Waals surface area contributed by atoms with E-state index in [4.69, 9.17) is 11.6 Å². The molecule has 0 amide bonds. The summed E-state index contributed by atoms with van der Waals surface area (Å²) >= 11 is 6.05. The highest BCUT2D eigenvalue weighted by molar-refractivity contribution is 6.34. The van der Waals surface area contributed by atoms with Gasteiger partial charge in [-0.1, -0.05) is 11.6 Å². The lowest BCUT2D eigenvalue weighted by atomic mass is 10.1. The zero-order valence-electron chi connectivity index (χ0n) is 10.1. The van der Waals surface area contributed by atoms with E-state index in [1.807, 2.05) is 6.07 Å². The highest BCUT2D eigenvalue weighted by Crippen LogP contribution is 2.23. The Hall–Kier alpha value is -1.10. The highest BCUT2D eigenvalue weighted by Gasteiger charge is 2.17. The fourth-order valence-corrected chi connectivity index (χ4v) is 2.69. The standard InChI is InChI=1S/C13H16ClN3O/c14-13-11-7-9(16-12(11)1-4-15-13)8-17-5-2-10(18)3-6-17/h1,4,7,10,16,18H,2-3,5-6,8H2. The van der Waals surface area contributed by atoms with Gasteiger partial charge in [0.1, 0.15) is 5.15 Å². The van der Waals surface area contributed by atoms with Crippen molar-refractivity contribution in [1.82, 2.24) is 14.9 Å². The predicted molar refractivity (Wildman–Crippen MR) is 71.6 cm³/mol. The Kier molecular flexibility index (Phi) is 3.24. The molecule has 1 fully saturated rings. The zero-order valence-corrected chi connectivity index (χ0v) is 10.8. The zero-order chi connectivity index (χ0) is 12.5. The third-order valence-electron chi connectivity index (χ3n) is 3.51. The first-order valence-corrected chi connectivity index (χ1v) is 6.63. The monoisotopic (exact) mass is 265 g/mol. The van der Waals surface area contributed by atoms with E-state index >= 15 is 0 Å². The topological polar surface area (TPSA) is 52.1 Å². The van der Waals surface area contributed by atoms with E-state index in [1.165, 1.54) is 0 Å². The molecular formula is C13H16ClN3O. The average molecular weight is 266 g/mol. The first kappa shape index (κ1) is 12.0. The van der Waals surface area contributed by atoms with Crippen molar-refractivity contribution in [3.63, 3.8) is 0 Å². The summed E-state index contributed by atoms with van der Waals surface area (Å²) in [6.45, 7) is 2.77. The molecule has 4 nitrogen and oxygen atoms in total. The van der Waals surface area contributed by atoms with Gasteiger partial charge < -0.3 is 10.1 Å². The molecule has 0 spiro atoms. The molecule has 0 unspecified atom stereocenters. The summed E-state index contributed by atoms with van der Waals surface area (Å²) in [5.41, 5.74) is 2.18. The number of nitrogens with zero attached hydrogens (tertiary/aromatic N) is 2. The molecule has 1 aliphatic heterocycles. The molecule has 0 bridgehead atoms. The van der Waals surface area contributed by atoms with Gasteiger partial charge in [-0.3, -0.25) is 4.90 Å². The SMILES string of the molecule is OC1CCN(Cc2cc3c(Cl)nccc3[nH]2)CC1. The van der Waals surface area contributed by atoms with Gasteiger partial charge in [-0.05, 0) is 25.0 Å². The number of hydrogen-bond donors (Lipinski definition) is 2. The summed E-state index contributed by atoms with van der Waals surface area (Å²) in [5, 5.41) is 11.0. The number of likely N-dealkylation sites (tertiary alicyclic amines) is 1. The number of pyridine rings is 1. The van der Waals surface area contributed by atoms with Crippen LogP contribution in [0.2, 0.25) is 5.15 Å². The van der Waals surface area contributed by atoms with Crippen LogP contribution in [0.1, 0.15) is 18.5 Å². The number of fused-ring (bicyclic) bond motifs is 1. The molecule has 3 rings (SSSR count). The Morgan fingerprint density at radius 3 is 2.94 bits per heavy atom. The Morgan fingerprint density at radius 1 is 1.44 bits per heavy atom. The number of aliphatic hydroxyl groups is 1. The molecule has 5 heteroatoms. The van der Waals surface area contributed by atoms with Crippen molar-refractivity contribution < 1.29 is 5.11 Å². The van der Waals surface area contributed by atoms with Crippen LogP contribution < -0.4 is 0 Å². The minimum absolute atomic E-state index is 0.123. The van der Waals surface area contributed by atoms with Gasteiger partial charge in [0.05, 0.1) is 11.6 Å². The van der Waals surface area contributed by atoms with Crippen molar-refractivity contribution in [3.8, 4) is 0 Å². The van der Waals surface area contributed by atoms with Crippen molar-refractivity contribution in [3.05, 3.63) is 29.2 Å². The number of nitrogens with one attached hydrogen (secondary N) is 1. The van der Waals surface area contributed by atoms with Crippen molar-refractivity contribution in [2.24, 2.45) is 0 Å². The molecule has 2 aromatic heterocycles. The quantitative estimate of drug-likeness (QED) is 0.819. The number of rotatable bonds is 2. The van der Waals surface area contributed by atoms with E-state index in [0.29, 0.717) is 5.15 Å². The van der Waals surface area contributed by atoms with Gasteiger partial charge in [0.15, 0.2) is 0 Å². The van der Waals surface area contributed by atoms with Crippen LogP contribution >= 0.6 is 11.6 Å². The third kappa shape index (κ3) is 2.36. The minimum atomic E-state index is -0.123. The van der Waals surface area contributed by atoms with Crippen LogP contribution in [0.15, 0.2) is 18.3 Å². The third-order valence-corrected chi connectivity index (χ3v) is 3.81. The van der Waals surface area contributed by atoms with Crippen LogP contribution in [-0.4, -0.2) is 39.2 Å². The summed E-state index contributed by atoms with van der Waals surface area (Å²) < 4.78 is 0. The van der Waals surface area contributed by atoms with Gasteiger partial charge >= 0.3 is 0 Å². The Morgan fingerprint density at radius 2 is 2.22 bits per heavy atom. The predicted octanol–water partition coefficient (Wildman–Crippen LogP) is 2.17. The first-order valence-electron chi connectivity index (χ1n) is 6.25. The minimum Gasteiger partial charge on any atom is -0.393 e. The van der Waals surface area contributed by atoms with Gasteiger partial charge in [-0.2, -0.15) is 0 Å². The highest BCUT2D eigenvalue weighted by atomic mass is 35.5. The van der Waals surface area contributed by atoms with E-state index < -0.39 is 0 Å². The van der Waals surface area contributed by atoms with E-state index in [2.05, 4.69) is 20.9 Å². The number of piperidine rings is 1. The molecule has 0 radical (unpaired) electrons. The summed E-state index contributed by atoms with van der Waals surface area (Å²) in [5.74, 6) is 0. The van der Waals surface area contributed by atoms with E-state index in [0.717, 1.165) is 49.1 Å². The second-order valence-corrected chi connectivity index (χ2v) is 5.22.